The first-order valence-corrected chi connectivity index (χ1v) is 9.82. The highest BCUT2D eigenvalue weighted by Crippen LogP contribution is 2.35. The average molecular weight is 372 g/mol. The number of benzene rings is 1. The molecule has 0 saturated heterocycles. The Morgan fingerprint density at radius 3 is 2.44 bits per heavy atom. The van der Waals surface area contributed by atoms with Gasteiger partial charge in [-0.2, -0.15) is 0 Å². The van der Waals surface area contributed by atoms with Gasteiger partial charge in [0.2, 0.25) is 0 Å². The van der Waals surface area contributed by atoms with Crippen LogP contribution in [0, 0.1) is 12.7 Å². The molecular weight excluding hydrogens is 345 g/mol. The first-order chi connectivity index (χ1) is 13.0. The van der Waals surface area contributed by atoms with Gasteiger partial charge in [-0.05, 0) is 79.4 Å². The summed E-state index contributed by atoms with van der Waals surface area (Å²) in [5.74, 6) is -0.148. The smallest absolute Gasteiger partial charge is 0.160 e. The van der Waals surface area contributed by atoms with E-state index < -0.39 is 12.3 Å². The first-order valence-electron chi connectivity index (χ1n) is 9.82. The third-order valence-electron chi connectivity index (χ3n) is 5.60. The Labute approximate surface area is 160 Å². The Bertz CT molecular complexity index is 811. The highest BCUT2D eigenvalue weighted by molar-refractivity contribution is 5.46. The van der Waals surface area contributed by atoms with Crippen LogP contribution in [0.3, 0.4) is 0 Å². The molecule has 0 aliphatic heterocycles. The van der Waals surface area contributed by atoms with Crippen molar-refractivity contribution in [3.05, 3.63) is 81.7 Å². The number of allylic oxidation sites excluding steroid dienone is 8. The second-order valence-electron chi connectivity index (χ2n) is 7.47. The van der Waals surface area contributed by atoms with Crippen LogP contribution >= 0.6 is 0 Å². The third-order valence-corrected chi connectivity index (χ3v) is 5.60. The second kappa shape index (κ2) is 8.77. The summed E-state index contributed by atoms with van der Waals surface area (Å²) in [6.45, 7) is 3.62. The number of alkyl halides is 2. The van der Waals surface area contributed by atoms with Gasteiger partial charge in [0, 0.05) is 0 Å². The Morgan fingerprint density at radius 2 is 1.78 bits per heavy atom. The van der Waals surface area contributed by atoms with Crippen molar-refractivity contribution < 1.29 is 13.2 Å². The molecule has 1 aromatic carbocycles. The van der Waals surface area contributed by atoms with Crippen molar-refractivity contribution in [2.24, 2.45) is 0 Å². The number of hydrogen-bond donors (Lipinski definition) is 0. The van der Waals surface area contributed by atoms with Gasteiger partial charge in [0.15, 0.2) is 12.3 Å². The van der Waals surface area contributed by atoms with E-state index in [1.54, 1.807) is 25.1 Å². The zero-order valence-electron chi connectivity index (χ0n) is 16.1. The van der Waals surface area contributed by atoms with Crippen LogP contribution in [0.1, 0.15) is 50.2 Å². The fourth-order valence-electron chi connectivity index (χ4n) is 3.76. The van der Waals surface area contributed by atoms with E-state index in [0.29, 0.717) is 23.1 Å². The van der Waals surface area contributed by atoms with Gasteiger partial charge >= 0.3 is 0 Å². The lowest BCUT2D eigenvalue weighted by Crippen LogP contribution is -2.25. The van der Waals surface area contributed by atoms with E-state index in [2.05, 4.69) is 6.08 Å². The second-order valence-corrected chi connectivity index (χ2v) is 7.47. The predicted molar refractivity (Wildman–Crippen MR) is 106 cm³/mol. The van der Waals surface area contributed by atoms with Crippen LogP contribution in [0.2, 0.25) is 0 Å². The lowest BCUT2D eigenvalue weighted by atomic mass is 9.84. The molecule has 1 aromatic rings. The molecule has 0 aromatic heterocycles. The topological polar surface area (TPSA) is 0 Å². The minimum Gasteiger partial charge on any atom is -0.239 e. The van der Waals surface area contributed by atoms with Crippen LogP contribution in [0.25, 0.3) is 0 Å². The van der Waals surface area contributed by atoms with E-state index in [-0.39, 0.29) is 5.82 Å². The maximum Gasteiger partial charge on any atom is 0.160 e. The summed E-state index contributed by atoms with van der Waals surface area (Å²) in [4.78, 5) is 0. The molecule has 0 nitrogen and oxygen atoms in total. The number of hydrogen-bond acceptors (Lipinski definition) is 0. The molecule has 3 heteroatoms. The molecule has 0 amide bonds. The van der Waals surface area contributed by atoms with Crippen LogP contribution < -0.4 is 0 Å². The maximum atomic E-state index is 14.4. The summed E-state index contributed by atoms with van der Waals surface area (Å²) in [6.07, 6.45) is 9.32. The van der Waals surface area contributed by atoms with Gasteiger partial charge in [0.1, 0.15) is 5.82 Å². The van der Waals surface area contributed by atoms with Gasteiger partial charge in [0.25, 0.3) is 0 Å². The van der Waals surface area contributed by atoms with Crippen molar-refractivity contribution in [3.8, 4) is 0 Å². The van der Waals surface area contributed by atoms with E-state index in [1.807, 2.05) is 25.1 Å². The Balaban J connectivity index is 1.58. The van der Waals surface area contributed by atoms with Gasteiger partial charge in [-0.15, -0.1) is 0 Å². The zero-order chi connectivity index (χ0) is 19.4. The number of aryl methyl sites for hydroxylation is 2. The van der Waals surface area contributed by atoms with Crippen LogP contribution in [0.5, 0.6) is 0 Å². The highest BCUT2D eigenvalue weighted by Gasteiger charge is 2.31. The molecule has 2 atom stereocenters. The molecule has 0 bridgehead atoms. The van der Waals surface area contributed by atoms with Gasteiger partial charge in [0.05, 0.1) is 0 Å². The third kappa shape index (κ3) is 4.63. The molecule has 2 aliphatic rings. The van der Waals surface area contributed by atoms with Crippen molar-refractivity contribution in [2.45, 2.75) is 64.7 Å². The van der Waals surface area contributed by atoms with E-state index >= 15 is 0 Å². The summed E-state index contributed by atoms with van der Waals surface area (Å²) in [5, 5.41) is 0. The average Bonchev–Trinajstić information content (AvgIpc) is 2.67. The van der Waals surface area contributed by atoms with Crippen molar-refractivity contribution in [3.63, 3.8) is 0 Å². The normalized spacial score (nSPS) is 22.7. The molecule has 0 heterocycles. The lowest BCUT2D eigenvalue weighted by molar-refractivity contribution is 0.221. The largest absolute Gasteiger partial charge is 0.239 e. The van der Waals surface area contributed by atoms with Gasteiger partial charge < -0.3 is 0 Å². The fourth-order valence-corrected chi connectivity index (χ4v) is 3.76. The van der Waals surface area contributed by atoms with Gasteiger partial charge in [-0.3, -0.25) is 0 Å². The molecule has 3 rings (SSSR count). The highest BCUT2D eigenvalue weighted by atomic mass is 19.2. The SMILES string of the molecule is CCC1=CC=C(C2=CC=C(CCCc3ccc(C)c(F)c3)CC2)C(F)[C@H]1F. The van der Waals surface area contributed by atoms with Crippen molar-refractivity contribution >= 4 is 0 Å². The van der Waals surface area contributed by atoms with E-state index in [9.17, 15) is 13.2 Å². The molecular formula is C24H27F3. The number of rotatable bonds is 6. The predicted octanol–water partition coefficient (Wildman–Crippen LogP) is 7.06. The number of halogens is 3. The van der Waals surface area contributed by atoms with Crippen molar-refractivity contribution in [1.29, 1.82) is 0 Å². The maximum absolute atomic E-state index is 14.4. The zero-order valence-corrected chi connectivity index (χ0v) is 16.1. The standard InChI is InChI=1S/C24H27F3/c1-3-19-13-14-21(24(27)23(19)26)20-11-9-17(10-12-20)5-4-6-18-8-7-16(2)22(25)15-18/h7-9,11,13-15,23-24H,3-6,10,12H2,1-2H3/t23-,24?/m0/s1. The summed E-state index contributed by atoms with van der Waals surface area (Å²) in [5.41, 5.74) is 4.94. The van der Waals surface area contributed by atoms with Crippen molar-refractivity contribution in [1.82, 2.24) is 0 Å². The van der Waals surface area contributed by atoms with E-state index in [1.165, 1.54) is 5.57 Å². The molecule has 27 heavy (non-hydrogen) atoms. The van der Waals surface area contributed by atoms with Crippen LogP contribution in [0.4, 0.5) is 13.2 Å². The summed E-state index contributed by atoms with van der Waals surface area (Å²) < 4.78 is 42.2. The fraction of sp³-hybridized carbons (Fsp3) is 0.417. The molecule has 0 spiro atoms. The minimum atomic E-state index is -1.55. The lowest BCUT2D eigenvalue weighted by Gasteiger charge is -2.26. The first kappa shape index (κ1) is 19.7. The summed E-state index contributed by atoms with van der Waals surface area (Å²) in [7, 11) is 0. The Morgan fingerprint density at radius 1 is 0.963 bits per heavy atom. The molecule has 0 saturated carbocycles. The molecule has 144 valence electrons. The van der Waals surface area contributed by atoms with E-state index in [4.69, 9.17) is 0 Å². The summed E-state index contributed by atoms with van der Waals surface area (Å²) in [6, 6.07) is 5.42. The van der Waals surface area contributed by atoms with Crippen molar-refractivity contribution in [2.75, 3.05) is 0 Å². The molecule has 0 radical (unpaired) electrons. The minimum absolute atomic E-state index is 0.148. The van der Waals surface area contributed by atoms with Crippen LogP contribution in [-0.4, -0.2) is 12.3 Å². The molecule has 1 unspecified atom stereocenters. The van der Waals surface area contributed by atoms with Gasteiger partial charge in [-0.25, -0.2) is 13.2 Å². The van der Waals surface area contributed by atoms with Crippen LogP contribution in [0.15, 0.2) is 64.8 Å². The van der Waals surface area contributed by atoms with E-state index in [0.717, 1.165) is 43.2 Å². The van der Waals surface area contributed by atoms with Gasteiger partial charge in [-0.1, -0.05) is 48.9 Å². The monoisotopic (exact) mass is 372 g/mol. The van der Waals surface area contributed by atoms with Crippen LogP contribution in [-0.2, 0) is 6.42 Å². The molecule has 0 N–H and O–H groups in total. The molecule has 0 fully saturated rings. The Hall–Kier alpha value is -2.03. The summed E-state index contributed by atoms with van der Waals surface area (Å²) >= 11 is 0. The quantitative estimate of drug-likeness (QED) is 0.501. The molecule has 2 aliphatic carbocycles. The Kier molecular flexibility index (Phi) is 6.41.